The first-order chi connectivity index (χ1) is 21.7. The molecule has 0 heterocycles. The molecule has 266 valence electrons. The van der Waals surface area contributed by atoms with E-state index >= 15 is 0 Å². The molecule has 0 atom stereocenters. The summed E-state index contributed by atoms with van der Waals surface area (Å²) in [6.45, 7) is 8.19. The van der Waals surface area contributed by atoms with Gasteiger partial charge in [0, 0.05) is 31.7 Å². The summed E-state index contributed by atoms with van der Waals surface area (Å²) in [5, 5.41) is 0. The van der Waals surface area contributed by atoms with Gasteiger partial charge in [-0.1, -0.05) is 186 Å². The highest BCUT2D eigenvalue weighted by molar-refractivity contribution is 6.60. The van der Waals surface area contributed by atoms with Crippen molar-refractivity contribution in [3.63, 3.8) is 0 Å². The molecular weight excluding hydrogens is 580 g/mol. The minimum Gasteiger partial charge on any atom is -0.374 e. The molecule has 0 saturated carbocycles. The lowest BCUT2D eigenvalue weighted by molar-refractivity contribution is 0.0706. The lowest BCUT2D eigenvalue weighted by Crippen LogP contribution is -2.45. The SMILES string of the molecule is CCO[Si](CCCCCCCCCCCCCCCCCCCCCCCCCCCCCCCCCCl)(OCC)OCC. The van der Waals surface area contributed by atoms with Crippen LogP contribution in [0, 0.1) is 0 Å². The fourth-order valence-electron chi connectivity index (χ4n) is 6.56. The van der Waals surface area contributed by atoms with Gasteiger partial charge in [-0.3, -0.25) is 0 Å². The van der Waals surface area contributed by atoms with Crippen molar-refractivity contribution in [3.8, 4) is 0 Å². The molecular formula is C39H81ClO3Si. The predicted octanol–water partition coefficient (Wildman–Crippen LogP) is 14.4. The number of hydrogen-bond acceptors (Lipinski definition) is 3. The standard InChI is InChI=1S/C39H81ClO3Si/c1-4-41-44(42-5-2,43-6-3)39-37-35-33-31-29-27-25-23-21-19-17-15-13-11-9-7-8-10-12-14-16-18-20-22-24-26-28-30-32-34-36-38-40/h4-39H2,1-3H3. The molecule has 0 radical (unpaired) electrons. The van der Waals surface area contributed by atoms with Gasteiger partial charge in [-0.15, -0.1) is 11.6 Å². The van der Waals surface area contributed by atoms with E-state index in [0.29, 0.717) is 19.8 Å². The Morgan fingerprint density at radius 1 is 0.295 bits per heavy atom. The summed E-state index contributed by atoms with van der Waals surface area (Å²) in [6, 6.07) is 0.972. The minimum absolute atomic E-state index is 0.685. The Hall–Kier alpha value is 0.387. The Morgan fingerprint density at radius 2 is 0.477 bits per heavy atom. The molecule has 3 nitrogen and oxygen atoms in total. The zero-order valence-electron chi connectivity index (χ0n) is 30.6. The van der Waals surface area contributed by atoms with Crippen LogP contribution in [-0.2, 0) is 13.3 Å². The van der Waals surface area contributed by atoms with Crippen LogP contribution < -0.4 is 0 Å². The minimum atomic E-state index is -2.42. The van der Waals surface area contributed by atoms with Crippen molar-refractivity contribution in [3.05, 3.63) is 0 Å². The maximum Gasteiger partial charge on any atom is 0.500 e. The van der Waals surface area contributed by atoms with Crippen molar-refractivity contribution in [1.82, 2.24) is 0 Å². The summed E-state index contributed by atoms with van der Waals surface area (Å²) in [6.07, 6.45) is 44.1. The molecule has 0 spiro atoms. The number of halogens is 1. The molecule has 5 heteroatoms. The molecule has 0 aliphatic carbocycles. The predicted molar refractivity (Wildman–Crippen MR) is 199 cm³/mol. The maximum atomic E-state index is 5.97. The van der Waals surface area contributed by atoms with Gasteiger partial charge in [0.25, 0.3) is 0 Å². The van der Waals surface area contributed by atoms with E-state index in [-0.39, 0.29) is 0 Å². The highest BCUT2D eigenvalue weighted by Crippen LogP contribution is 2.21. The number of rotatable bonds is 39. The van der Waals surface area contributed by atoms with Crippen LogP contribution in [0.3, 0.4) is 0 Å². The summed E-state index contributed by atoms with van der Waals surface area (Å²) >= 11 is 5.73. The van der Waals surface area contributed by atoms with Crippen molar-refractivity contribution >= 4 is 20.4 Å². The molecule has 0 aromatic heterocycles. The van der Waals surface area contributed by atoms with Crippen LogP contribution in [0.5, 0.6) is 0 Å². The molecule has 0 fully saturated rings. The number of alkyl halides is 1. The average molecular weight is 662 g/mol. The van der Waals surface area contributed by atoms with Gasteiger partial charge in [0.1, 0.15) is 0 Å². The molecule has 0 aliphatic heterocycles. The van der Waals surface area contributed by atoms with Gasteiger partial charge in [0.05, 0.1) is 0 Å². The third-order valence-corrected chi connectivity index (χ3v) is 12.6. The summed E-state index contributed by atoms with van der Waals surface area (Å²) in [5.41, 5.74) is 0. The monoisotopic (exact) mass is 661 g/mol. The van der Waals surface area contributed by atoms with E-state index in [1.54, 1.807) is 0 Å². The van der Waals surface area contributed by atoms with E-state index in [4.69, 9.17) is 24.9 Å². The second-order valence-corrected chi connectivity index (χ2v) is 16.5. The number of hydrogen-bond donors (Lipinski definition) is 0. The first-order valence-electron chi connectivity index (χ1n) is 20.2. The fourth-order valence-corrected chi connectivity index (χ4v) is 9.44. The second kappa shape index (κ2) is 37.8. The smallest absolute Gasteiger partial charge is 0.374 e. The van der Waals surface area contributed by atoms with Crippen molar-refractivity contribution < 1.29 is 13.3 Å². The maximum absolute atomic E-state index is 5.97. The van der Waals surface area contributed by atoms with Crippen molar-refractivity contribution in [2.24, 2.45) is 0 Å². The quantitative estimate of drug-likeness (QED) is 0.0373. The molecule has 0 rings (SSSR count). The van der Waals surface area contributed by atoms with Gasteiger partial charge in [-0.05, 0) is 33.6 Å². The van der Waals surface area contributed by atoms with Crippen LogP contribution in [0.15, 0.2) is 0 Å². The summed E-state index contributed by atoms with van der Waals surface area (Å²) in [7, 11) is -2.42. The largest absolute Gasteiger partial charge is 0.500 e. The van der Waals surface area contributed by atoms with Crippen LogP contribution in [0.1, 0.15) is 220 Å². The molecule has 0 N–H and O–H groups in total. The lowest BCUT2D eigenvalue weighted by atomic mass is 10.0. The highest BCUT2D eigenvalue weighted by atomic mass is 35.5. The van der Waals surface area contributed by atoms with Crippen molar-refractivity contribution in [2.75, 3.05) is 25.7 Å². The molecule has 0 aromatic carbocycles. The van der Waals surface area contributed by atoms with E-state index in [0.717, 1.165) is 11.9 Å². The molecule has 44 heavy (non-hydrogen) atoms. The summed E-state index contributed by atoms with van der Waals surface area (Å²) < 4.78 is 17.9. The Morgan fingerprint density at radius 3 is 0.659 bits per heavy atom. The second-order valence-electron chi connectivity index (χ2n) is 13.4. The normalized spacial score (nSPS) is 12.0. The van der Waals surface area contributed by atoms with Gasteiger partial charge < -0.3 is 13.3 Å². The summed E-state index contributed by atoms with van der Waals surface area (Å²) in [5.74, 6) is 0.842. The van der Waals surface area contributed by atoms with Gasteiger partial charge in [-0.2, -0.15) is 0 Å². The van der Waals surface area contributed by atoms with Crippen LogP contribution in [0.4, 0.5) is 0 Å². The van der Waals surface area contributed by atoms with Crippen LogP contribution >= 0.6 is 11.6 Å². The lowest BCUT2D eigenvalue weighted by Gasteiger charge is -2.28. The highest BCUT2D eigenvalue weighted by Gasteiger charge is 2.39. The van der Waals surface area contributed by atoms with E-state index < -0.39 is 8.80 Å². The first-order valence-corrected chi connectivity index (χ1v) is 22.7. The average Bonchev–Trinajstić information content (AvgIpc) is 3.02. The number of unbranched alkanes of at least 4 members (excludes halogenated alkanes) is 30. The van der Waals surface area contributed by atoms with Crippen LogP contribution in [0.2, 0.25) is 6.04 Å². The fraction of sp³-hybridized carbons (Fsp3) is 1.00. The van der Waals surface area contributed by atoms with Gasteiger partial charge in [0.2, 0.25) is 0 Å². The zero-order valence-corrected chi connectivity index (χ0v) is 32.3. The molecule has 0 aliphatic rings. The van der Waals surface area contributed by atoms with Crippen LogP contribution in [-0.4, -0.2) is 34.5 Å². The van der Waals surface area contributed by atoms with Gasteiger partial charge >= 0.3 is 8.80 Å². The Balaban J connectivity index is 3.23. The Bertz CT molecular complexity index is 505. The topological polar surface area (TPSA) is 27.7 Å². The van der Waals surface area contributed by atoms with Gasteiger partial charge in [-0.25, -0.2) is 0 Å². The first kappa shape index (κ1) is 44.4. The third kappa shape index (κ3) is 32.3. The molecule has 0 bridgehead atoms. The van der Waals surface area contributed by atoms with E-state index in [1.807, 2.05) is 20.8 Å². The van der Waals surface area contributed by atoms with E-state index in [9.17, 15) is 0 Å². The zero-order chi connectivity index (χ0) is 32.1. The van der Waals surface area contributed by atoms with Crippen molar-refractivity contribution in [2.45, 2.75) is 226 Å². The Kier molecular flexibility index (Phi) is 38.2. The van der Waals surface area contributed by atoms with Gasteiger partial charge in [0.15, 0.2) is 0 Å². The van der Waals surface area contributed by atoms with Crippen LogP contribution in [0.25, 0.3) is 0 Å². The molecule has 0 amide bonds. The molecule has 0 saturated heterocycles. The Labute approximate surface area is 284 Å². The van der Waals surface area contributed by atoms with E-state index in [2.05, 4.69) is 0 Å². The molecule has 0 unspecified atom stereocenters. The van der Waals surface area contributed by atoms with E-state index in [1.165, 1.54) is 199 Å². The van der Waals surface area contributed by atoms with Crippen molar-refractivity contribution in [1.29, 1.82) is 0 Å². The molecule has 0 aromatic rings. The third-order valence-electron chi connectivity index (χ3n) is 9.21. The summed E-state index contributed by atoms with van der Waals surface area (Å²) in [4.78, 5) is 0.